The number of rotatable bonds is 7. The van der Waals surface area contributed by atoms with Crippen molar-refractivity contribution in [3.63, 3.8) is 0 Å². The minimum absolute atomic E-state index is 0.878. The second-order valence-corrected chi connectivity index (χ2v) is 6.71. The smallest absolute Gasteiger partial charge is 0.194 e. The van der Waals surface area contributed by atoms with E-state index in [2.05, 4.69) is 58.5 Å². The maximum absolute atomic E-state index is 4.77. The van der Waals surface area contributed by atoms with Gasteiger partial charge in [-0.1, -0.05) is 49.0 Å². The zero-order valence-corrected chi connectivity index (χ0v) is 13.7. The SMILES string of the molecule is CCCNCc1c(SCc2ccccc2)nc2sccn12. The summed E-state index contributed by atoms with van der Waals surface area (Å²) in [5.74, 6) is 0.965. The van der Waals surface area contributed by atoms with E-state index in [0.29, 0.717) is 0 Å². The lowest BCUT2D eigenvalue weighted by molar-refractivity contribution is 0.653. The minimum atomic E-state index is 0.878. The molecule has 0 fully saturated rings. The van der Waals surface area contributed by atoms with Crippen LogP contribution < -0.4 is 5.32 Å². The molecule has 2 aromatic heterocycles. The molecule has 0 atom stereocenters. The highest BCUT2D eigenvalue weighted by atomic mass is 32.2. The molecule has 0 spiro atoms. The molecule has 3 aromatic rings. The third kappa shape index (κ3) is 3.48. The molecule has 0 saturated heterocycles. The van der Waals surface area contributed by atoms with Crippen LogP contribution in [0.1, 0.15) is 24.6 Å². The molecular formula is C16H19N3S2. The van der Waals surface area contributed by atoms with Crippen LogP contribution in [0.5, 0.6) is 0 Å². The van der Waals surface area contributed by atoms with Gasteiger partial charge in [-0.2, -0.15) is 0 Å². The highest BCUT2D eigenvalue weighted by Crippen LogP contribution is 2.28. The molecule has 0 unspecified atom stereocenters. The van der Waals surface area contributed by atoms with Crippen molar-refractivity contribution >= 4 is 28.1 Å². The standard InChI is InChI=1S/C16H19N3S2/c1-2-8-17-11-14-15(18-16-19(14)9-10-20-16)21-12-13-6-4-3-5-7-13/h3-7,9-10,17H,2,8,11-12H2,1H3. The summed E-state index contributed by atoms with van der Waals surface area (Å²) >= 11 is 3.52. The first-order valence-corrected chi connectivity index (χ1v) is 9.07. The average Bonchev–Trinajstić information content (AvgIpc) is 3.08. The zero-order valence-electron chi connectivity index (χ0n) is 12.1. The average molecular weight is 317 g/mol. The fourth-order valence-electron chi connectivity index (χ4n) is 2.20. The van der Waals surface area contributed by atoms with Gasteiger partial charge in [0.05, 0.1) is 5.69 Å². The summed E-state index contributed by atoms with van der Waals surface area (Å²) in [7, 11) is 0. The van der Waals surface area contributed by atoms with Crippen LogP contribution in [0.25, 0.3) is 4.96 Å². The number of thioether (sulfide) groups is 1. The number of fused-ring (bicyclic) bond motifs is 1. The molecule has 110 valence electrons. The maximum Gasteiger partial charge on any atom is 0.194 e. The van der Waals surface area contributed by atoms with Crippen LogP contribution in [0.3, 0.4) is 0 Å². The topological polar surface area (TPSA) is 29.3 Å². The van der Waals surface area contributed by atoms with E-state index < -0.39 is 0 Å². The number of hydrogen-bond donors (Lipinski definition) is 1. The second-order valence-electron chi connectivity index (χ2n) is 4.87. The summed E-state index contributed by atoms with van der Waals surface area (Å²) < 4.78 is 2.21. The van der Waals surface area contributed by atoms with E-state index in [9.17, 15) is 0 Å². The highest BCUT2D eigenvalue weighted by Gasteiger charge is 2.13. The number of benzene rings is 1. The fraction of sp³-hybridized carbons (Fsp3) is 0.312. The lowest BCUT2D eigenvalue weighted by Gasteiger charge is -2.05. The number of nitrogens with zero attached hydrogens (tertiary/aromatic N) is 2. The van der Waals surface area contributed by atoms with Crippen LogP contribution in [0, 0.1) is 0 Å². The van der Waals surface area contributed by atoms with Gasteiger partial charge in [0, 0.05) is 23.9 Å². The van der Waals surface area contributed by atoms with Gasteiger partial charge in [0.25, 0.3) is 0 Å². The molecule has 0 radical (unpaired) electrons. The number of nitrogens with one attached hydrogen (secondary N) is 1. The Labute approximate surface area is 133 Å². The van der Waals surface area contributed by atoms with Gasteiger partial charge < -0.3 is 5.32 Å². The third-order valence-electron chi connectivity index (χ3n) is 3.26. The first kappa shape index (κ1) is 14.6. The largest absolute Gasteiger partial charge is 0.311 e. The van der Waals surface area contributed by atoms with Crippen molar-refractivity contribution < 1.29 is 0 Å². The molecule has 1 N–H and O–H groups in total. The predicted molar refractivity (Wildman–Crippen MR) is 91.1 cm³/mol. The molecule has 21 heavy (non-hydrogen) atoms. The van der Waals surface area contributed by atoms with Gasteiger partial charge >= 0.3 is 0 Å². The van der Waals surface area contributed by atoms with Gasteiger partial charge in [-0.15, -0.1) is 11.3 Å². The quantitative estimate of drug-likeness (QED) is 0.523. The van der Waals surface area contributed by atoms with Crippen molar-refractivity contribution in [2.45, 2.75) is 30.7 Å². The van der Waals surface area contributed by atoms with E-state index in [1.165, 1.54) is 11.3 Å². The summed E-state index contributed by atoms with van der Waals surface area (Å²) in [6, 6.07) is 10.6. The maximum atomic E-state index is 4.77. The zero-order chi connectivity index (χ0) is 14.5. The molecule has 5 heteroatoms. The van der Waals surface area contributed by atoms with E-state index in [0.717, 1.165) is 35.3 Å². The highest BCUT2D eigenvalue weighted by molar-refractivity contribution is 7.98. The summed E-state index contributed by atoms with van der Waals surface area (Å²) in [6.07, 6.45) is 3.26. The molecule has 3 rings (SSSR count). The van der Waals surface area contributed by atoms with Crippen molar-refractivity contribution in [2.24, 2.45) is 0 Å². The lowest BCUT2D eigenvalue weighted by atomic mass is 10.2. The van der Waals surface area contributed by atoms with Crippen LogP contribution in [-0.4, -0.2) is 15.9 Å². The first-order valence-electron chi connectivity index (χ1n) is 7.20. The number of aromatic nitrogens is 2. The number of hydrogen-bond acceptors (Lipinski definition) is 4. The van der Waals surface area contributed by atoms with Crippen LogP contribution in [0.15, 0.2) is 46.9 Å². The molecule has 1 aromatic carbocycles. The van der Waals surface area contributed by atoms with Crippen molar-refractivity contribution in [1.29, 1.82) is 0 Å². The normalized spacial score (nSPS) is 11.3. The molecule has 0 aliphatic rings. The Hall–Kier alpha value is -1.30. The van der Waals surface area contributed by atoms with Crippen LogP contribution in [0.4, 0.5) is 0 Å². The Kier molecular flexibility index (Phi) is 4.95. The number of thiazole rings is 1. The van der Waals surface area contributed by atoms with Gasteiger partial charge in [-0.05, 0) is 18.5 Å². The molecule has 0 aliphatic heterocycles. The molecule has 2 heterocycles. The Morgan fingerprint density at radius 3 is 2.95 bits per heavy atom. The van der Waals surface area contributed by atoms with Crippen molar-refractivity contribution in [3.8, 4) is 0 Å². The molecule has 0 aliphatic carbocycles. The summed E-state index contributed by atoms with van der Waals surface area (Å²) in [6.45, 7) is 4.11. The van der Waals surface area contributed by atoms with Gasteiger partial charge in [0.2, 0.25) is 0 Å². The molecule has 0 amide bonds. The van der Waals surface area contributed by atoms with Crippen molar-refractivity contribution in [1.82, 2.24) is 14.7 Å². The molecule has 0 saturated carbocycles. The van der Waals surface area contributed by atoms with Crippen LogP contribution in [0.2, 0.25) is 0 Å². The van der Waals surface area contributed by atoms with E-state index >= 15 is 0 Å². The van der Waals surface area contributed by atoms with E-state index in [1.807, 2.05) is 11.8 Å². The summed E-state index contributed by atoms with van der Waals surface area (Å²) in [5.41, 5.74) is 2.62. The Morgan fingerprint density at radius 1 is 1.29 bits per heavy atom. The Balaban J connectivity index is 1.76. The van der Waals surface area contributed by atoms with Gasteiger partial charge in [0.15, 0.2) is 4.96 Å². The van der Waals surface area contributed by atoms with Crippen LogP contribution in [-0.2, 0) is 12.3 Å². The van der Waals surface area contributed by atoms with Crippen molar-refractivity contribution in [2.75, 3.05) is 6.54 Å². The molecule has 3 nitrogen and oxygen atoms in total. The van der Waals surface area contributed by atoms with E-state index in [4.69, 9.17) is 4.98 Å². The van der Waals surface area contributed by atoms with E-state index in [-0.39, 0.29) is 0 Å². The van der Waals surface area contributed by atoms with Crippen molar-refractivity contribution in [3.05, 3.63) is 53.2 Å². The minimum Gasteiger partial charge on any atom is -0.311 e. The predicted octanol–water partition coefficient (Wildman–Crippen LogP) is 4.19. The fourth-order valence-corrected chi connectivity index (χ4v) is 3.97. The number of imidazole rings is 1. The first-order chi connectivity index (χ1) is 10.4. The molecule has 0 bridgehead atoms. The monoisotopic (exact) mass is 317 g/mol. The summed E-state index contributed by atoms with van der Waals surface area (Å²) in [5, 5.41) is 6.73. The Bertz CT molecular complexity index is 688. The lowest BCUT2D eigenvalue weighted by Crippen LogP contribution is -2.15. The van der Waals surface area contributed by atoms with Gasteiger partial charge in [0.1, 0.15) is 5.03 Å². The third-order valence-corrected chi connectivity index (χ3v) is 5.10. The van der Waals surface area contributed by atoms with Gasteiger partial charge in [-0.25, -0.2) is 4.98 Å². The summed E-state index contributed by atoms with van der Waals surface area (Å²) in [4.78, 5) is 5.85. The Morgan fingerprint density at radius 2 is 2.14 bits per heavy atom. The second kappa shape index (κ2) is 7.11. The van der Waals surface area contributed by atoms with Gasteiger partial charge in [-0.3, -0.25) is 4.40 Å². The molecular weight excluding hydrogens is 298 g/mol. The van der Waals surface area contributed by atoms with Crippen LogP contribution >= 0.6 is 23.1 Å². The van der Waals surface area contributed by atoms with E-state index in [1.54, 1.807) is 11.3 Å².